The van der Waals surface area contributed by atoms with Crippen LogP contribution in [-0.4, -0.2) is 23.4 Å². The van der Waals surface area contributed by atoms with Crippen molar-refractivity contribution < 1.29 is 12.6 Å². The summed E-state index contributed by atoms with van der Waals surface area (Å²) in [5.41, 5.74) is 1.47. The molecule has 0 saturated carbocycles. The molecule has 0 saturated heterocycles. The molecular weight excluding hydrogens is 278 g/mol. The molecule has 0 amide bonds. The second-order valence-corrected chi connectivity index (χ2v) is 6.43. The Balaban J connectivity index is 2.07. The predicted octanol–water partition coefficient (Wildman–Crippen LogP) is 2.07. The van der Waals surface area contributed by atoms with E-state index in [9.17, 15) is 8.42 Å². The summed E-state index contributed by atoms with van der Waals surface area (Å²) in [4.78, 5) is 0.138. The molecule has 1 aromatic heterocycles. The second kappa shape index (κ2) is 5.72. The van der Waals surface area contributed by atoms with Crippen LogP contribution in [0.3, 0.4) is 0 Å². The summed E-state index contributed by atoms with van der Waals surface area (Å²) in [6.45, 7) is 5.69. The Labute approximate surface area is 118 Å². The minimum atomic E-state index is -3.76. The first-order chi connectivity index (χ1) is 9.38. The van der Waals surface area contributed by atoms with Gasteiger partial charge in [0.15, 0.2) is 0 Å². The highest BCUT2D eigenvalue weighted by molar-refractivity contribution is 7.86. The van der Waals surface area contributed by atoms with Crippen LogP contribution in [0.4, 0.5) is 0 Å². The molecule has 0 fully saturated rings. The van der Waals surface area contributed by atoms with E-state index in [1.807, 2.05) is 20.8 Å². The zero-order valence-electron chi connectivity index (χ0n) is 11.6. The maximum atomic E-state index is 12.0. The Hall–Kier alpha value is -1.73. The maximum Gasteiger partial charge on any atom is 0.297 e. The van der Waals surface area contributed by atoms with Crippen LogP contribution >= 0.6 is 0 Å². The first-order valence-corrected chi connectivity index (χ1v) is 7.66. The molecule has 0 aliphatic rings. The molecule has 0 aliphatic heterocycles. The van der Waals surface area contributed by atoms with Crippen molar-refractivity contribution in [2.45, 2.75) is 38.3 Å². The first kappa shape index (κ1) is 14.7. The number of nitrogens with zero attached hydrogens (tertiary/aromatic N) is 3. The van der Waals surface area contributed by atoms with E-state index in [0.717, 1.165) is 5.56 Å². The molecule has 0 spiro atoms. The molecule has 0 unspecified atom stereocenters. The Morgan fingerprint density at radius 1 is 1.25 bits per heavy atom. The SMILES string of the molecule is Cc1ccc(S(=O)(=O)OCc2cn(C(C)C)nn2)cc1. The molecule has 2 rings (SSSR count). The van der Waals surface area contributed by atoms with Crippen LogP contribution in [0, 0.1) is 6.92 Å². The van der Waals surface area contributed by atoms with E-state index < -0.39 is 10.1 Å². The lowest BCUT2D eigenvalue weighted by atomic mass is 10.2. The van der Waals surface area contributed by atoms with Crippen LogP contribution in [0.25, 0.3) is 0 Å². The minimum Gasteiger partial charge on any atom is -0.260 e. The van der Waals surface area contributed by atoms with Crippen molar-refractivity contribution in [1.29, 1.82) is 0 Å². The average molecular weight is 295 g/mol. The van der Waals surface area contributed by atoms with Gasteiger partial charge in [0.2, 0.25) is 0 Å². The highest BCUT2D eigenvalue weighted by Crippen LogP contribution is 2.15. The summed E-state index contributed by atoms with van der Waals surface area (Å²) >= 11 is 0. The largest absolute Gasteiger partial charge is 0.297 e. The maximum absolute atomic E-state index is 12.0. The van der Waals surface area contributed by atoms with Crippen LogP contribution in [0.5, 0.6) is 0 Å². The molecule has 7 heteroatoms. The number of aryl methyl sites for hydroxylation is 1. The third-order valence-electron chi connectivity index (χ3n) is 2.76. The topological polar surface area (TPSA) is 74.1 Å². The van der Waals surface area contributed by atoms with Crippen molar-refractivity contribution in [1.82, 2.24) is 15.0 Å². The molecule has 6 nitrogen and oxygen atoms in total. The quantitative estimate of drug-likeness (QED) is 0.789. The lowest BCUT2D eigenvalue weighted by Gasteiger charge is -2.04. The van der Waals surface area contributed by atoms with Crippen molar-refractivity contribution in [2.24, 2.45) is 0 Å². The summed E-state index contributed by atoms with van der Waals surface area (Å²) < 4.78 is 30.6. The Bertz CT molecular complexity index is 675. The van der Waals surface area contributed by atoms with Crippen molar-refractivity contribution in [2.75, 3.05) is 0 Å². The fourth-order valence-corrected chi connectivity index (χ4v) is 2.42. The highest BCUT2D eigenvalue weighted by atomic mass is 32.2. The van der Waals surface area contributed by atoms with Gasteiger partial charge in [-0.05, 0) is 32.9 Å². The van der Waals surface area contributed by atoms with Crippen LogP contribution in [-0.2, 0) is 20.9 Å². The number of rotatable bonds is 5. The Morgan fingerprint density at radius 2 is 1.90 bits per heavy atom. The summed E-state index contributed by atoms with van der Waals surface area (Å²) in [6, 6.07) is 6.67. The number of hydrogen-bond acceptors (Lipinski definition) is 5. The zero-order valence-corrected chi connectivity index (χ0v) is 12.5. The van der Waals surface area contributed by atoms with Gasteiger partial charge >= 0.3 is 0 Å². The van der Waals surface area contributed by atoms with Crippen molar-refractivity contribution in [3.63, 3.8) is 0 Å². The normalized spacial score (nSPS) is 12.0. The molecule has 1 aromatic carbocycles. The van der Waals surface area contributed by atoms with Crippen LogP contribution in [0.15, 0.2) is 35.4 Å². The lowest BCUT2D eigenvalue weighted by Crippen LogP contribution is -2.06. The molecule has 20 heavy (non-hydrogen) atoms. The molecular formula is C13H17N3O3S. The minimum absolute atomic E-state index is 0.122. The molecule has 2 aromatic rings. The van der Waals surface area contributed by atoms with Gasteiger partial charge in [-0.1, -0.05) is 22.9 Å². The smallest absolute Gasteiger partial charge is 0.260 e. The third kappa shape index (κ3) is 3.43. The van der Waals surface area contributed by atoms with E-state index in [-0.39, 0.29) is 17.5 Å². The average Bonchev–Trinajstić information content (AvgIpc) is 2.86. The number of hydrogen-bond donors (Lipinski definition) is 0. The Morgan fingerprint density at radius 3 is 2.45 bits per heavy atom. The van der Waals surface area contributed by atoms with Gasteiger partial charge in [-0.2, -0.15) is 8.42 Å². The fraction of sp³-hybridized carbons (Fsp3) is 0.385. The summed E-state index contributed by atoms with van der Waals surface area (Å²) in [5, 5.41) is 7.76. The van der Waals surface area contributed by atoms with Gasteiger partial charge < -0.3 is 0 Å². The summed E-state index contributed by atoms with van der Waals surface area (Å²) in [5.74, 6) is 0. The van der Waals surface area contributed by atoms with E-state index in [1.165, 1.54) is 12.1 Å². The second-order valence-electron chi connectivity index (χ2n) is 4.81. The van der Waals surface area contributed by atoms with Crippen molar-refractivity contribution in [3.8, 4) is 0 Å². The molecule has 0 radical (unpaired) electrons. The van der Waals surface area contributed by atoms with Gasteiger partial charge in [-0.15, -0.1) is 5.10 Å². The van der Waals surface area contributed by atoms with Gasteiger partial charge in [0.25, 0.3) is 10.1 Å². The summed E-state index contributed by atoms with van der Waals surface area (Å²) in [7, 11) is -3.76. The number of aromatic nitrogens is 3. The van der Waals surface area contributed by atoms with Gasteiger partial charge in [-0.3, -0.25) is 4.18 Å². The first-order valence-electron chi connectivity index (χ1n) is 6.25. The zero-order chi connectivity index (χ0) is 14.8. The van der Waals surface area contributed by atoms with Crippen molar-refractivity contribution in [3.05, 3.63) is 41.7 Å². The molecule has 0 bridgehead atoms. The van der Waals surface area contributed by atoms with E-state index >= 15 is 0 Å². The van der Waals surface area contributed by atoms with Gasteiger partial charge in [0.05, 0.1) is 11.1 Å². The molecule has 0 N–H and O–H groups in total. The lowest BCUT2D eigenvalue weighted by molar-refractivity contribution is 0.303. The van der Waals surface area contributed by atoms with E-state index in [1.54, 1.807) is 23.0 Å². The molecule has 0 atom stereocenters. The van der Waals surface area contributed by atoms with E-state index in [2.05, 4.69) is 10.3 Å². The standard InChI is InChI=1S/C13H17N3O3S/c1-10(2)16-8-12(14-15-16)9-19-20(17,18)13-6-4-11(3)5-7-13/h4-8,10H,9H2,1-3H3. The molecule has 0 aliphatic carbocycles. The highest BCUT2D eigenvalue weighted by Gasteiger charge is 2.16. The third-order valence-corrected chi connectivity index (χ3v) is 4.04. The van der Waals surface area contributed by atoms with Crippen LogP contribution < -0.4 is 0 Å². The van der Waals surface area contributed by atoms with E-state index in [4.69, 9.17) is 4.18 Å². The van der Waals surface area contributed by atoms with Crippen LogP contribution in [0.2, 0.25) is 0 Å². The number of benzene rings is 1. The van der Waals surface area contributed by atoms with Crippen molar-refractivity contribution >= 4 is 10.1 Å². The molecule has 1 heterocycles. The Kier molecular flexibility index (Phi) is 4.20. The summed E-state index contributed by atoms with van der Waals surface area (Å²) in [6.07, 6.45) is 1.68. The van der Waals surface area contributed by atoms with Crippen LogP contribution in [0.1, 0.15) is 31.1 Å². The van der Waals surface area contributed by atoms with E-state index in [0.29, 0.717) is 5.69 Å². The predicted molar refractivity (Wildman–Crippen MR) is 73.6 cm³/mol. The molecule has 108 valence electrons. The monoisotopic (exact) mass is 295 g/mol. The fourth-order valence-electron chi connectivity index (χ4n) is 1.54. The van der Waals surface area contributed by atoms with Gasteiger partial charge in [0, 0.05) is 6.04 Å². The van der Waals surface area contributed by atoms with Gasteiger partial charge in [0.1, 0.15) is 12.3 Å². The van der Waals surface area contributed by atoms with Gasteiger partial charge in [-0.25, -0.2) is 4.68 Å².